The summed E-state index contributed by atoms with van der Waals surface area (Å²) in [6, 6.07) is 3.67. The molecular formula is C13H15F3Li2O4. The molecule has 1 aromatic carbocycles. The zero-order valence-electron chi connectivity index (χ0n) is 15.0. The summed E-state index contributed by atoms with van der Waals surface area (Å²) in [5.74, 6) is -4.56. The predicted molar refractivity (Wildman–Crippen MR) is 66.0 cm³/mol. The number of hydrogen-bond donors (Lipinski definition) is 1. The molecule has 0 spiro atoms. The van der Waals surface area contributed by atoms with Crippen LogP contribution in [-0.4, -0.2) is 23.2 Å². The van der Waals surface area contributed by atoms with Gasteiger partial charge >= 0.3 is 55.8 Å². The van der Waals surface area contributed by atoms with Crippen LogP contribution in [0.2, 0.25) is 0 Å². The Morgan fingerprint density at radius 1 is 1.14 bits per heavy atom. The number of alkyl halides is 3. The predicted octanol–water partition coefficient (Wildman–Crippen LogP) is -2.62. The molecular weight excluding hydrogens is 291 g/mol. The average molecular weight is 306 g/mol. The van der Waals surface area contributed by atoms with Crippen LogP contribution in [0, 0.1) is 0 Å². The van der Waals surface area contributed by atoms with E-state index in [2.05, 4.69) is 4.74 Å². The molecule has 0 aliphatic rings. The summed E-state index contributed by atoms with van der Waals surface area (Å²) in [6.07, 6.45) is -5.18. The first-order chi connectivity index (χ1) is 8.93. The Hall–Kier alpha value is -0.855. The normalized spacial score (nSPS) is 11.0. The third-order valence-corrected chi connectivity index (χ3v) is 2.51. The van der Waals surface area contributed by atoms with E-state index in [1.165, 1.54) is 12.1 Å². The Morgan fingerprint density at radius 2 is 1.64 bits per heavy atom. The van der Waals surface area contributed by atoms with Crippen LogP contribution in [0.4, 0.5) is 13.2 Å². The molecule has 0 aliphatic heterocycles. The maximum absolute atomic E-state index is 12.1. The molecule has 0 saturated heterocycles. The van der Waals surface area contributed by atoms with Crippen molar-refractivity contribution in [3.63, 3.8) is 0 Å². The number of benzene rings is 1. The monoisotopic (exact) mass is 306 g/mol. The van der Waals surface area contributed by atoms with E-state index in [0.29, 0.717) is 5.56 Å². The molecule has 114 valence electrons. The minimum atomic E-state index is -5.18. The molecule has 0 bridgehead atoms. The van der Waals surface area contributed by atoms with E-state index in [0.717, 1.165) is 6.07 Å². The SMILES string of the molecule is CC(C)(C)c1ccc(OC(=O)C(F)(F)F)c(C(=O)O)c1.[H-].[H-].[Li+].[Li+]. The number of halogens is 3. The zero-order chi connectivity index (χ0) is 15.7. The second-order valence-corrected chi connectivity index (χ2v) is 5.15. The molecule has 0 saturated carbocycles. The van der Waals surface area contributed by atoms with E-state index in [1.807, 2.05) is 20.8 Å². The molecule has 1 aromatic rings. The number of carboxylic acids is 1. The van der Waals surface area contributed by atoms with E-state index in [-0.39, 0.29) is 40.6 Å². The number of esters is 1. The van der Waals surface area contributed by atoms with Crippen molar-refractivity contribution in [3.05, 3.63) is 29.3 Å². The van der Waals surface area contributed by atoms with Crippen LogP contribution in [0.3, 0.4) is 0 Å². The Labute approximate surface area is 152 Å². The molecule has 0 atom stereocenters. The Kier molecular flexibility index (Phi) is 8.65. The molecule has 1 rings (SSSR count). The minimum Gasteiger partial charge on any atom is -1.00 e. The fraction of sp³-hybridized carbons (Fsp3) is 0.385. The summed E-state index contributed by atoms with van der Waals surface area (Å²) >= 11 is 0. The van der Waals surface area contributed by atoms with E-state index < -0.39 is 34.8 Å². The standard InChI is InChI=1S/C13H13F3O4.2Li.2H/c1-12(2,3)7-4-5-9(8(6-7)10(17)18)20-11(19)13(14,15)16;;;;/h4-6H,1-3H3,(H,17,18);;;;/q;2*+1;2*-1. The van der Waals surface area contributed by atoms with Gasteiger partial charge in [0.1, 0.15) is 11.3 Å². The van der Waals surface area contributed by atoms with Gasteiger partial charge in [-0.1, -0.05) is 26.8 Å². The Morgan fingerprint density at radius 3 is 2.00 bits per heavy atom. The van der Waals surface area contributed by atoms with E-state index in [4.69, 9.17) is 5.11 Å². The summed E-state index contributed by atoms with van der Waals surface area (Å²) < 4.78 is 40.4. The van der Waals surface area contributed by atoms with Crippen molar-refractivity contribution in [3.8, 4) is 5.75 Å². The average Bonchev–Trinajstić information content (AvgIpc) is 2.26. The van der Waals surface area contributed by atoms with E-state index in [1.54, 1.807) is 0 Å². The first kappa shape index (κ1) is 23.4. The van der Waals surface area contributed by atoms with Gasteiger partial charge < -0.3 is 12.7 Å². The molecule has 0 unspecified atom stereocenters. The van der Waals surface area contributed by atoms with Gasteiger partial charge in [-0.3, -0.25) is 0 Å². The number of carbonyl (C=O) groups excluding carboxylic acids is 1. The third-order valence-electron chi connectivity index (χ3n) is 2.51. The minimum absolute atomic E-state index is 0. The Balaban J connectivity index is -0.000000500. The van der Waals surface area contributed by atoms with Crippen LogP contribution < -0.4 is 42.5 Å². The van der Waals surface area contributed by atoms with Crippen LogP contribution in [0.25, 0.3) is 0 Å². The van der Waals surface area contributed by atoms with Gasteiger partial charge in [0.25, 0.3) is 0 Å². The first-order valence-electron chi connectivity index (χ1n) is 5.60. The van der Waals surface area contributed by atoms with Gasteiger partial charge in [-0.05, 0) is 23.1 Å². The quantitative estimate of drug-likeness (QED) is 0.369. The van der Waals surface area contributed by atoms with Crippen LogP contribution in [0.1, 0.15) is 39.5 Å². The molecule has 0 radical (unpaired) electrons. The number of aromatic carboxylic acids is 1. The van der Waals surface area contributed by atoms with Gasteiger partial charge in [0, 0.05) is 0 Å². The van der Waals surface area contributed by atoms with Crippen LogP contribution >= 0.6 is 0 Å². The van der Waals surface area contributed by atoms with Gasteiger partial charge in [-0.25, -0.2) is 9.59 Å². The molecule has 22 heavy (non-hydrogen) atoms. The van der Waals surface area contributed by atoms with Crippen molar-refractivity contribution in [2.75, 3.05) is 0 Å². The smallest absolute Gasteiger partial charge is 1.00 e. The van der Waals surface area contributed by atoms with Gasteiger partial charge in [-0.15, -0.1) is 0 Å². The summed E-state index contributed by atoms with van der Waals surface area (Å²) in [4.78, 5) is 21.8. The van der Waals surface area contributed by atoms with Crippen molar-refractivity contribution in [2.24, 2.45) is 0 Å². The summed E-state index contributed by atoms with van der Waals surface area (Å²) in [5.41, 5.74) is -0.284. The van der Waals surface area contributed by atoms with Crippen LogP contribution in [0.15, 0.2) is 18.2 Å². The van der Waals surface area contributed by atoms with Gasteiger partial charge in [0.05, 0.1) is 0 Å². The fourth-order valence-electron chi connectivity index (χ4n) is 1.41. The topological polar surface area (TPSA) is 63.6 Å². The fourth-order valence-corrected chi connectivity index (χ4v) is 1.41. The largest absolute Gasteiger partial charge is 1.00 e. The van der Waals surface area contributed by atoms with Crippen molar-refractivity contribution in [2.45, 2.75) is 32.4 Å². The molecule has 9 heteroatoms. The van der Waals surface area contributed by atoms with Crippen molar-refractivity contribution < 1.29 is 73.2 Å². The Bertz CT molecular complexity index is 561. The summed E-state index contributed by atoms with van der Waals surface area (Å²) in [5, 5.41) is 9.00. The number of carboxylic acid groups (broad SMARTS) is 1. The second-order valence-electron chi connectivity index (χ2n) is 5.15. The van der Waals surface area contributed by atoms with Crippen molar-refractivity contribution in [1.82, 2.24) is 0 Å². The number of carbonyl (C=O) groups is 2. The maximum atomic E-state index is 12.1. The number of rotatable bonds is 2. The molecule has 0 aromatic heterocycles. The molecule has 0 aliphatic carbocycles. The van der Waals surface area contributed by atoms with Gasteiger partial charge in [0.15, 0.2) is 0 Å². The van der Waals surface area contributed by atoms with E-state index >= 15 is 0 Å². The molecule has 4 nitrogen and oxygen atoms in total. The molecule has 0 amide bonds. The first-order valence-corrected chi connectivity index (χ1v) is 5.60. The van der Waals surface area contributed by atoms with Gasteiger partial charge in [0.2, 0.25) is 0 Å². The zero-order valence-corrected chi connectivity index (χ0v) is 13.0. The van der Waals surface area contributed by atoms with E-state index in [9.17, 15) is 22.8 Å². The molecule has 0 fully saturated rings. The number of ether oxygens (including phenoxy) is 1. The third kappa shape index (κ3) is 6.10. The van der Waals surface area contributed by atoms with Crippen molar-refractivity contribution in [1.29, 1.82) is 0 Å². The van der Waals surface area contributed by atoms with Gasteiger partial charge in [-0.2, -0.15) is 13.2 Å². The molecule has 1 N–H and O–H groups in total. The number of hydrogen-bond acceptors (Lipinski definition) is 3. The maximum Gasteiger partial charge on any atom is 1.00 e. The van der Waals surface area contributed by atoms with Crippen LogP contribution in [-0.2, 0) is 10.2 Å². The summed E-state index contributed by atoms with van der Waals surface area (Å²) in [6.45, 7) is 5.44. The van der Waals surface area contributed by atoms with Crippen molar-refractivity contribution >= 4 is 11.9 Å². The second kappa shape index (κ2) is 8.13. The van der Waals surface area contributed by atoms with Crippen LogP contribution in [0.5, 0.6) is 5.75 Å². The summed E-state index contributed by atoms with van der Waals surface area (Å²) in [7, 11) is 0. The molecule has 0 heterocycles.